The monoisotopic (exact) mass is 304 g/mol. The summed E-state index contributed by atoms with van der Waals surface area (Å²) in [6.45, 7) is 0. The Morgan fingerprint density at radius 2 is 1.95 bits per heavy atom. The van der Waals surface area contributed by atoms with Gasteiger partial charge in [0.25, 0.3) is 0 Å². The number of hydrogen-bond acceptors (Lipinski definition) is 2. The lowest BCUT2D eigenvalue weighted by atomic mass is 10.1. The molecule has 1 heterocycles. The standard InChI is InChI=1S/C16H10ClFOS/c17-12-5-3-6-13(18)11(12)9-14(19)16-8-10-4-1-2-7-15(10)20-16/h1-8H,9H2. The number of carbonyl (C=O) groups is 1. The molecule has 0 bridgehead atoms. The van der Waals surface area contributed by atoms with Crippen LogP contribution in [0.2, 0.25) is 5.02 Å². The number of fused-ring (bicyclic) bond motifs is 1. The van der Waals surface area contributed by atoms with Crippen LogP contribution < -0.4 is 0 Å². The molecule has 4 heteroatoms. The first-order valence-corrected chi connectivity index (χ1v) is 7.29. The van der Waals surface area contributed by atoms with Crippen molar-refractivity contribution in [1.29, 1.82) is 0 Å². The summed E-state index contributed by atoms with van der Waals surface area (Å²) in [4.78, 5) is 12.9. The summed E-state index contributed by atoms with van der Waals surface area (Å²) in [5, 5.41) is 1.32. The molecule has 0 fully saturated rings. The minimum atomic E-state index is -0.438. The average molecular weight is 305 g/mol. The molecule has 0 aliphatic carbocycles. The SMILES string of the molecule is O=C(Cc1c(F)cccc1Cl)c1cc2ccccc2s1. The zero-order valence-corrected chi connectivity index (χ0v) is 12.0. The minimum Gasteiger partial charge on any atom is -0.293 e. The van der Waals surface area contributed by atoms with Gasteiger partial charge < -0.3 is 0 Å². The normalized spacial score (nSPS) is 10.9. The van der Waals surface area contributed by atoms with E-state index in [-0.39, 0.29) is 17.8 Å². The predicted octanol–water partition coefficient (Wildman–Crippen LogP) is 5.12. The van der Waals surface area contributed by atoms with Gasteiger partial charge in [-0.3, -0.25) is 4.79 Å². The fourth-order valence-corrected chi connectivity index (χ4v) is 3.30. The van der Waals surface area contributed by atoms with Crippen molar-refractivity contribution < 1.29 is 9.18 Å². The summed E-state index contributed by atoms with van der Waals surface area (Å²) in [5.41, 5.74) is 0.261. The quantitative estimate of drug-likeness (QED) is 0.614. The zero-order chi connectivity index (χ0) is 14.1. The molecule has 0 saturated carbocycles. The number of rotatable bonds is 3. The minimum absolute atomic E-state index is 0.0155. The van der Waals surface area contributed by atoms with Crippen LogP contribution in [0.3, 0.4) is 0 Å². The van der Waals surface area contributed by atoms with E-state index in [0.29, 0.717) is 9.90 Å². The van der Waals surface area contributed by atoms with Crippen LogP contribution in [-0.2, 0) is 6.42 Å². The second-order valence-corrected chi connectivity index (χ2v) is 5.94. The van der Waals surface area contributed by atoms with Crippen molar-refractivity contribution in [2.24, 2.45) is 0 Å². The molecule has 0 saturated heterocycles. The Bertz CT molecular complexity index is 741. The molecule has 20 heavy (non-hydrogen) atoms. The Morgan fingerprint density at radius 3 is 2.70 bits per heavy atom. The molecule has 1 nitrogen and oxygen atoms in total. The summed E-state index contributed by atoms with van der Waals surface area (Å²) in [6, 6.07) is 14.1. The maximum absolute atomic E-state index is 13.7. The van der Waals surface area contributed by atoms with Gasteiger partial charge in [-0.25, -0.2) is 4.39 Å². The molecule has 100 valence electrons. The highest BCUT2D eigenvalue weighted by Gasteiger charge is 2.15. The van der Waals surface area contributed by atoms with Crippen molar-refractivity contribution in [1.82, 2.24) is 0 Å². The van der Waals surface area contributed by atoms with E-state index >= 15 is 0 Å². The van der Waals surface area contributed by atoms with E-state index < -0.39 is 5.82 Å². The molecule has 0 atom stereocenters. The highest BCUT2D eigenvalue weighted by atomic mass is 35.5. The van der Waals surface area contributed by atoms with Crippen LogP contribution in [0.1, 0.15) is 15.2 Å². The van der Waals surface area contributed by atoms with Crippen LogP contribution in [0, 0.1) is 5.82 Å². The van der Waals surface area contributed by atoms with Gasteiger partial charge in [-0.2, -0.15) is 0 Å². The first kappa shape index (κ1) is 13.3. The first-order chi connectivity index (χ1) is 9.65. The molecule has 0 unspecified atom stereocenters. The molecule has 0 N–H and O–H groups in total. The fraction of sp³-hybridized carbons (Fsp3) is 0.0625. The Morgan fingerprint density at radius 1 is 1.15 bits per heavy atom. The van der Waals surface area contributed by atoms with Crippen molar-refractivity contribution >= 4 is 38.8 Å². The van der Waals surface area contributed by atoms with Gasteiger partial charge in [0.1, 0.15) is 5.82 Å². The summed E-state index contributed by atoms with van der Waals surface area (Å²) in [6.07, 6.45) is -0.0155. The number of ketones is 1. The molecule has 3 aromatic rings. The van der Waals surface area contributed by atoms with Gasteiger partial charge in [-0.1, -0.05) is 35.9 Å². The lowest BCUT2D eigenvalue weighted by molar-refractivity contribution is 0.0995. The fourth-order valence-electron chi connectivity index (χ4n) is 2.07. The Hall–Kier alpha value is -1.71. The first-order valence-electron chi connectivity index (χ1n) is 6.10. The van der Waals surface area contributed by atoms with E-state index in [1.54, 1.807) is 6.07 Å². The molecule has 2 aromatic carbocycles. The molecule has 0 aliphatic heterocycles. The zero-order valence-electron chi connectivity index (χ0n) is 10.4. The number of halogens is 2. The molecular weight excluding hydrogens is 295 g/mol. The Labute approximate surface area is 124 Å². The maximum atomic E-state index is 13.7. The summed E-state index contributed by atoms with van der Waals surface area (Å²) >= 11 is 7.37. The van der Waals surface area contributed by atoms with E-state index in [1.165, 1.54) is 23.5 Å². The average Bonchev–Trinajstić information content (AvgIpc) is 2.87. The van der Waals surface area contributed by atoms with Crippen molar-refractivity contribution in [3.8, 4) is 0 Å². The smallest absolute Gasteiger partial charge is 0.177 e. The van der Waals surface area contributed by atoms with Gasteiger partial charge >= 0.3 is 0 Å². The van der Waals surface area contributed by atoms with Gasteiger partial charge in [0.05, 0.1) is 4.88 Å². The van der Waals surface area contributed by atoms with E-state index in [9.17, 15) is 9.18 Å². The molecular formula is C16H10ClFOS. The van der Waals surface area contributed by atoms with Crippen LogP contribution >= 0.6 is 22.9 Å². The van der Waals surface area contributed by atoms with E-state index in [1.807, 2.05) is 30.3 Å². The number of hydrogen-bond donors (Lipinski definition) is 0. The van der Waals surface area contributed by atoms with E-state index in [0.717, 1.165) is 10.1 Å². The number of Topliss-reactive ketones (excluding diaryl/α,β-unsaturated/α-hetero) is 1. The van der Waals surface area contributed by atoms with Crippen LogP contribution in [0.15, 0.2) is 48.5 Å². The van der Waals surface area contributed by atoms with Crippen LogP contribution in [0.5, 0.6) is 0 Å². The predicted molar refractivity (Wildman–Crippen MR) is 81.3 cm³/mol. The van der Waals surface area contributed by atoms with Crippen molar-refractivity contribution in [2.45, 2.75) is 6.42 Å². The third-order valence-electron chi connectivity index (χ3n) is 3.10. The van der Waals surface area contributed by atoms with E-state index in [2.05, 4.69) is 0 Å². The number of carbonyl (C=O) groups excluding carboxylic acids is 1. The van der Waals surface area contributed by atoms with Gasteiger partial charge in [0, 0.05) is 21.7 Å². The Balaban J connectivity index is 1.93. The number of thiophene rings is 1. The van der Waals surface area contributed by atoms with Gasteiger partial charge in [-0.05, 0) is 29.7 Å². The van der Waals surface area contributed by atoms with Crippen LogP contribution in [0.4, 0.5) is 4.39 Å². The van der Waals surface area contributed by atoms with Crippen LogP contribution in [0.25, 0.3) is 10.1 Å². The molecule has 0 amide bonds. The lowest BCUT2D eigenvalue weighted by Crippen LogP contribution is -2.03. The highest BCUT2D eigenvalue weighted by Crippen LogP contribution is 2.28. The highest BCUT2D eigenvalue weighted by molar-refractivity contribution is 7.20. The Kier molecular flexibility index (Phi) is 3.55. The third-order valence-corrected chi connectivity index (χ3v) is 4.61. The van der Waals surface area contributed by atoms with Gasteiger partial charge in [-0.15, -0.1) is 11.3 Å². The van der Waals surface area contributed by atoms with Gasteiger partial charge in [0.15, 0.2) is 5.78 Å². The van der Waals surface area contributed by atoms with Crippen LogP contribution in [-0.4, -0.2) is 5.78 Å². The number of benzene rings is 2. The van der Waals surface area contributed by atoms with Crippen molar-refractivity contribution in [2.75, 3.05) is 0 Å². The largest absolute Gasteiger partial charge is 0.293 e. The summed E-state index contributed by atoms with van der Waals surface area (Å²) in [7, 11) is 0. The molecule has 1 aromatic heterocycles. The lowest BCUT2D eigenvalue weighted by Gasteiger charge is -2.03. The summed E-state index contributed by atoms with van der Waals surface area (Å²) < 4.78 is 14.7. The maximum Gasteiger partial charge on any atom is 0.177 e. The topological polar surface area (TPSA) is 17.1 Å². The molecule has 3 rings (SSSR count). The second-order valence-electron chi connectivity index (χ2n) is 4.45. The van der Waals surface area contributed by atoms with E-state index in [4.69, 9.17) is 11.6 Å². The molecule has 0 aliphatic rings. The molecule has 0 spiro atoms. The van der Waals surface area contributed by atoms with Crippen molar-refractivity contribution in [3.05, 3.63) is 69.8 Å². The van der Waals surface area contributed by atoms with Crippen molar-refractivity contribution in [3.63, 3.8) is 0 Å². The summed E-state index contributed by atoms with van der Waals surface area (Å²) in [5.74, 6) is -0.551. The van der Waals surface area contributed by atoms with Gasteiger partial charge in [0.2, 0.25) is 0 Å². The third kappa shape index (κ3) is 2.47. The molecule has 0 radical (unpaired) electrons. The second kappa shape index (κ2) is 5.35.